The highest BCUT2D eigenvalue weighted by Gasteiger charge is 2.30. The maximum Gasteiger partial charge on any atom is 0.535 e. The largest absolute Gasteiger partial charge is 0.535 e. The van der Waals surface area contributed by atoms with Crippen molar-refractivity contribution in [3.8, 4) is 0 Å². The summed E-state index contributed by atoms with van der Waals surface area (Å²) in [4.78, 5) is 22.0. The van der Waals surface area contributed by atoms with E-state index in [1.807, 2.05) is 0 Å². The summed E-state index contributed by atoms with van der Waals surface area (Å²) in [7, 11) is 3.03. The van der Waals surface area contributed by atoms with Gasteiger partial charge in [-0.15, -0.1) is 20.4 Å². The SMILES string of the molecule is [C-]#[N+]C([N+]#[C-])c1nc(NC(=O)NC)c(N=Nc2nncs2)n1C. The number of amides is 2. The molecule has 2 N–H and O–H groups in total. The number of aromatic nitrogens is 4. The van der Waals surface area contributed by atoms with Crippen LogP contribution in [0.25, 0.3) is 9.69 Å². The Balaban J connectivity index is 2.46. The summed E-state index contributed by atoms with van der Waals surface area (Å²) in [6, 6.07) is -0.510. The van der Waals surface area contributed by atoms with E-state index in [1.165, 1.54) is 28.5 Å². The van der Waals surface area contributed by atoms with Crippen LogP contribution < -0.4 is 10.6 Å². The summed E-state index contributed by atoms with van der Waals surface area (Å²) >= 11 is 1.19. The van der Waals surface area contributed by atoms with E-state index in [0.717, 1.165) is 0 Å². The zero-order valence-corrected chi connectivity index (χ0v) is 12.9. The van der Waals surface area contributed by atoms with Gasteiger partial charge in [0.15, 0.2) is 11.6 Å². The highest BCUT2D eigenvalue weighted by molar-refractivity contribution is 7.13. The van der Waals surface area contributed by atoms with Gasteiger partial charge in [-0.3, -0.25) is 9.88 Å². The molecule has 116 valence electrons. The Bertz CT molecular complexity index is 795. The average Bonchev–Trinajstić information content (AvgIpc) is 3.16. The summed E-state index contributed by atoms with van der Waals surface area (Å²) in [6.45, 7) is 14.1. The summed E-state index contributed by atoms with van der Waals surface area (Å²) < 4.78 is 1.43. The Morgan fingerprint density at radius 2 is 2.17 bits per heavy atom. The molecule has 0 unspecified atom stereocenters. The van der Waals surface area contributed by atoms with Crippen LogP contribution in [0.3, 0.4) is 0 Å². The van der Waals surface area contributed by atoms with Gasteiger partial charge in [-0.1, -0.05) is 11.3 Å². The third-order valence-electron chi connectivity index (χ3n) is 2.61. The number of hydrogen-bond acceptors (Lipinski definition) is 7. The fraction of sp³-hybridized carbons (Fsp3) is 0.273. The van der Waals surface area contributed by atoms with Gasteiger partial charge < -0.3 is 5.32 Å². The minimum absolute atomic E-state index is 0.0902. The molecule has 23 heavy (non-hydrogen) atoms. The minimum atomic E-state index is -1.13. The smallest absolute Gasteiger partial charge is 0.341 e. The van der Waals surface area contributed by atoms with Crippen LogP contribution in [0.2, 0.25) is 0 Å². The first-order valence-electron chi connectivity index (χ1n) is 6.07. The third-order valence-corrected chi connectivity index (χ3v) is 3.19. The molecule has 12 heteroatoms. The molecule has 2 aromatic rings. The van der Waals surface area contributed by atoms with Crippen molar-refractivity contribution in [1.29, 1.82) is 0 Å². The van der Waals surface area contributed by atoms with Gasteiger partial charge in [0.2, 0.25) is 0 Å². The minimum Gasteiger partial charge on any atom is -0.341 e. The van der Waals surface area contributed by atoms with Gasteiger partial charge in [0.25, 0.3) is 11.0 Å². The van der Waals surface area contributed by atoms with Crippen molar-refractivity contribution in [2.45, 2.75) is 6.17 Å². The molecule has 2 aromatic heterocycles. The molecule has 0 spiro atoms. The van der Waals surface area contributed by atoms with E-state index in [0.29, 0.717) is 5.13 Å². The summed E-state index contributed by atoms with van der Waals surface area (Å²) in [5.41, 5.74) is 1.50. The van der Waals surface area contributed by atoms with Crippen molar-refractivity contribution in [2.75, 3.05) is 12.4 Å². The predicted molar refractivity (Wildman–Crippen MR) is 81.3 cm³/mol. The first-order chi connectivity index (χ1) is 11.1. The van der Waals surface area contributed by atoms with Crippen molar-refractivity contribution in [2.24, 2.45) is 17.3 Å². The van der Waals surface area contributed by atoms with E-state index in [-0.39, 0.29) is 17.5 Å². The molecule has 2 heterocycles. The number of nitrogens with one attached hydrogen (secondary N) is 2. The number of anilines is 1. The van der Waals surface area contributed by atoms with E-state index in [9.17, 15) is 4.79 Å². The predicted octanol–water partition coefficient (Wildman–Crippen LogP) is 2.28. The van der Waals surface area contributed by atoms with Crippen LogP contribution in [0.5, 0.6) is 0 Å². The van der Waals surface area contributed by atoms with Crippen LogP contribution in [0, 0.1) is 13.1 Å². The molecule has 0 aliphatic rings. The molecule has 0 radical (unpaired) electrons. The van der Waals surface area contributed by atoms with Gasteiger partial charge in [0, 0.05) is 14.1 Å². The number of nitrogens with zero attached hydrogens (tertiary/aromatic N) is 8. The Labute approximate surface area is 134 Å². The van der Waals surface area contributed by atoms with E-state index >= 15 is 0 Å². The van der Waals surface area contributed by atoms with Crippen molar-refractivity contribution >= 4 is 34.1 Å². The van der Waals surface area contributed by atoms with E-state index in [2.05, 4.69) is 45.7 Å². The van der Waals surface area contributed by atoms with Gasteiger partial charge in [-0.05, 0) is 0 Å². The maximum absolute atomic E-state index is 11.5. The van der Waals surface area contributed by atoms with Gasteiger partial charge in [-0.25, -0.2) is 27.6 Å². The normalized spacial score (nSPS) is 10.5. The first kappa shape index (κ1) is 16.0. The molecule has 0 saturated carbocycles. The summed E-state index contributed by atoms with van der Waals surface area (Å²) in [5.74, 6) is 0.441. The Morgan fingerprint density at radius 1 is 1.43 bits per heavy atom. The zero-order valence-electron chi connectivity index (χ0n) is 12.0. The number of azo groups is 1. The molecular weight excluding hydrogens is 320 g/mol. The molecule has 11 nitrogen and oxygen atoms in total. The van der Waals surface area contributed by atoms with Crippen molar-refractivity contribution in [3.05, 3.63) is 34.2 Å². The van der Waals surface area contributed by atoms with E-state index in [4.69, 9.17) is 13.1 Å². The second-order valence-corrected chi connectivity index (χ2v) is 4.77. The maximum atomic E-state index is 11.5. The molecule has 0 aromatic carbocycles. The molecule has 0 saturated heterocycles. The highest BCUT2D eigenvalue weighted by Crippen LogP contribution is 2.31. The van der Waals surface area contributed by atoms with Gasteiger partial charge in [0.05, 0.1) is 0 Å². The Hall–Kier alpha value is -3.38. The Kier molecular flexibility index (Phi) is 4.91. The second-order valence-electron chi connectivity index (χ2n) is 3.96. The number of imidazole rings is 1. The fourth-order valence-electron chi connectivity index (χ4n) is 1.55. The van der Waals surface area contributed by atoms with Crippen LogP contribution >= 0.6 is 11.3 Å². The van der Waals surface area contributed by atoms with Crippen molar-refractivity contribution in [1.82, 2.24) is 25.1 Å². The Morgan fingerprint density at radius 3 is 2.74 bits per heavy atom. The molecule has 2 rings (SSSR count). The second kappa shape index (κ2) is 7.06. The monoisotopic (exact) mass is 330 g/mol. The topological polar surface area (TPSA) is 118 Å². The summed E-state index contributed by atoms with van der Waals surface area (Å²) in [5, 5.41) is 20.4. The van der Waals surface area contributed by atoms with E-state index in [1.54, 1.807) is 7.05 Å². The number of carbonyl (C=O) groups excluding carboxylic acids is 1. The fourth-order valence-corrected chi connectivity index (χ4v) is 1.92. The molecular formula is C11H10N10OS. The lowest BCUT2D eigenvalue weighted by Gasteiger charge is -2.01. The lowest BCUT2D eigenvalue weighted by atomic mass is 10.5. The van der Waals surface area contributed by atoms with Crippen molar-refractivity contribution in [3.63, 3.8) is 0 Å². The van der Waals surface area contributed by atoms with Crippen LogP contribution in [-0.4, -0.2) is 32.8 Å². The molecule has 0 aliphatic carbocycles. The molecule has 0 fully saturated rings. The average molecular weight is 330 g/mol. The number of carbonyl (C=O) groups is 1. The lowest BCUT2D eigenvalue weighted by Crippen LogP contribution is -2.24. The lowest BCUT2D eigenvalue weighted by molar-refractivity contribution is 0.254. The first-order valence-corrected chi connectivity index (χ1v) is 6.95. The number of urea groups is 1. The number of rotatable bonds is 4. The van der Waals surface area contributed by atoms with Crippen LogP contribution in [0.4, 0.5) is 21.6 Å². The summed E-state index contributed by atoms with van der Waals surface area (Å²) in [6.07, 6.45) is -1.13. The molecule has 0 atom stereocenters. The van der Waals surface area contributed by atoms with Crippen LogP contribution in [0.1, 0.15) is 12.0 Å². The zero-order chi connectivity index (χ0) is 16.8. The van der Waals surface area contributed by atoms with E-state index < -0.39 is 12.2 Å². The molecule has 0 bridgehead atoms. The van der Waals surface area contributed by atoms with Gasteiger partial charge in [0.1, 0.15) is 5.51 Å². The van der Waals surface area contributed by atoms with Crippen LogP contribution in [-0.2, 0) is 7.05 Å². The molecule has 0 aliphatic heterocycles. The quantitative estimate of drug-likeness (QED) is 0.660. The van der Waals surface area contributed by atoms with Crippen molar-refractivity contribution < 1.29 is 4.79 Å². The third kappa shape index (κ3) is 3.45. The van der Waals surface area contributed by atoms with Crippen LogP contribution in [0.15, 0.2) is 15.7 Å². The van der Waals surface area contributed by atoms with Gasteiger partial charge in [-0.2, -0.15) is 4.98 Å². The molecule has 2 amide bonds. The number of hydrogen-bond donors (Lipinski definition) is 2. The standard InChI is InChI=1S/C11H10N10OS/c1-12-6(13-2)8-16-7(17-10(22)14-3)9(21(8)4)18-20-11-19-15-5-23-11/h5-6H,3-4H3,(H2,14,17,22). The van der Waals surface area contributed by atoms with Gasteiger partial charge >= 0.3 is 12.2 Å². The highest BCUT2D eigenvalue weighted by atomic mass is 32.1.